The molecule has 2 fully saturated rings. The second kappa shape index (κ2) is 6.22. The third kappa shape index (κ3) is 3.83. The molecule has 1 aliphatic carbocycles. The maximum atomic E-state index is 10.2. The summed E-state index contributed by atoms with van der Waals surface area (Å²) in [5, 5.41) is 22.3. The van der Waals surface area contributed by atoms with Gasteiger partial charge in [-0.1, -0.05) is 20.8 Å². The van der Waals surface area contributed by atoms with Crippen molar-refractivity contribution in [3.63, 3.8) is 0 Å². The Bertz CT molecular complexity index is 484. The van der Waals surface area contributed by atoms with Gasteiger partial charge in [0, 0.05) is 32.7 Å². The van der Waals surface area contributed by atoms with Crippen LogP contribution in [0.3, 0.4) is 0 Å². The van der Waals surface area contributed by atoms with Crippen molar-refractivity contribution in [1.82, 2.24) is 30.0 Å². The van der Waals surface area contributed by atoms with Gasteiger partial charge in [0.15, 0.2) is 5.82 Å². The van der Waals surface area contributed by atoms with E-state index < -0.39 is 0 Å². The number of nitrogens with zero attached hydrogens (tertiary/aromatic N) is 6. The first-order chi connectivity index (χ1) is 10.4. The van der Waals surface area contributed by atoms with E-state index in [9.17, 15) is 5.11 Å². The van der Waals surface area contributed by atoms with Crippen molar-refractivity contribution in [3.8, 4) is 0 Å². The van der Waals surface area contributed by atoms with Crippen molar-refractivity contribution in [2.24, 2.45) is 5.41 Å². The minimum Gasteiger partial charge on any atom is -0.391 e. The lowest BCUT2D eigenvalue weighted by molar-refractivity contribution is 0.0121. The Morgan fingerprint density at radius 1 is 1.14 bits per heavy atom. The lowest BCUT2D eigenvalue weighted by Crippen LogP contribution is -2.50. The predicted molar refractivity (Wildman–Crippen MR) is 83.3 cm³/mol. The highest BCUT2D eigenvalue weighted by molar-refractivity contribution is 4.91. The summed E-state index contributed by atoms with van der Waals surface area (Å²) in [6.07, 6.45) is 2.13. The Morgan fingerprint density at radius 3 is 2.36 bits per heavy atom. The number of rotatable bonds is 5. The molecule has 1 saturated carbocycles. The average Bonchev–Trinajstić information content (AvgIpc) is 3.20. The van der Waals surface area contributed by atoms with Crippen molar-refractivity contribution in [2.75, 3.05) is 32.7 Å². The Hall–Kier alpha value is -1.05. The summed E-state index contributed by atoms with van der Waals surface area (Å²) < 4.78 is 2.00. The molecule has 124 valence electrons. The number of piperazine rings is 1. The lowest BCUT2D eigenvalue weighted by atomic mass is 9.89. The van der Waals surface area contributed by atoms with Gasteiger partial charge in [-0.25, -0.2) is 4.68 Å². The molecule has 0 amide bonds. The van der Waals surface area contributed by atoms with E-state index >= 15 is 0 Å². The number of hydrogen-bond acceptors (Lipinski definition) is 6. The second-order valence-corrected chi connectivity index (χ2v) is 7.73. The first-order valence-corrected chi connectivity index (χ1v) is 8.33. The van der Waals surface area contributed by atoms with E-state index in [2.05, 4.69) is 46.1 Å². The van der Waals surface area contributed by atoms with Crippen molar-refractivity contribution in [3.05, 3.63) is 5.82 Å². The summed E-state index contributed by atoms with van der Waals surface area (Å²) in [7, 11) is 0. The molecule has 1 aromatic rings. The lowest BCUT2D eigenvalue weighted by Gasteiger charge is -2.37. The molecule has 1 atom stereocenters. The van der Waals surface area contributed by atoms with Gasteiger partial charge in [-0.15, -0.1) is 5.10 Å². The van der Waals surface area contributed by atoms with Crippen LogP contribution < -0.4 is 0 Å². The van der Waals surface area contributed by atoms with Crippen LogP contribution >= 0.6 is 0 Å². The van der Waals surface area contributed by atoms with Gasteiger partial charge in [0.2, 0.25) is 0 Å². The summed E-state index contributed by atoms with van der Waals surface area (Å²) in [6, 6.07) is 0.535. The van der Waals surface area contributed by atoms with Crippen molar-refractivity contribution < 1.29 is 5.11 Å². The Morgan fingerprint density at radius 2 is 1.77 bits per heavy atom. The van der Waals surface area contributed by atoms with Crippen LogP contribution in [0.4, 0.5) is 0 Å². The number of aromatic nitrogens is 4. The van der Waals surface area contributed by atoms with Crippen LogP contribution in [0.2, 0.25) is 0 Å². The Balaban J connectivity index is 1.46. The molecule has 1 saturated heterocycles. The molecule has 1 aromatic heterocycles. The molecular weight excluding hydrogens is 280 g/mol. The zero-order chi connectivity index (χ0) is 15.7. The molecule has 0 unspecified atom stereocenters. The number of hydrogen-bond donors (Lipinski definition) is 1. The highest BCUT2D eigenvalue weighted by atomic mass is 16.3. The zero-order valence-electron chi connectivity index (χ0n) is 13.9. The van der Waals surface area contributed by atoms with E-state index in [-0.39, 0.29) is 11.5 Å². The molecule has 22 heavy (non-hydrogen) atoms. The second-order valence-electron chi connectivity index (χ2n) is 7.73. The van der Waals surface area contributed by atoms with Gasteiger partial charge in [0.1, 0.15) is 0 Å². The number of aliphatic hydroxyl groups excluding tert-OH is 1. The van der Waals surface area contributed by atoms with Crippen molar-refractivity contribution in [2.45, 2.75) is 52.3 Å². The fourth-order valence-corrected chi connectivity index (χ4v) is 2.77. The molecule has 0 spiro atoms. The van der Waals surface area contributed by atoms with Crippen molar-refractivity contribution in [1.29, 1.82) is 0 Å². The topological polar surface area (TPSA) is 70.3 Å². The molecule has 2 aliphatic rings. The summed E-state index contributed by atoms with van der Waals surface area (Å²) in [4.78, 5) is 4.76. The first-order valence-electron chi connectivity index (χ1n) is 8.33. The normalized spacial score (nSPS) is 22.9. The minimum atomic E-state index is -0.277. The molecule has 0 aromatic carbocycles. The van der Waals surface area contributed by atoms with Gasteiger partial charge in [0.05, 0.1) is 18.7 Å². The molecule has 7 nitrogen and oxygen atoms in total. The average molecular weight is 308 g/mol. The minimum absolute atomic E-state index is 0.0521. The van der Waals surface area contributed by atoms with E-state index in [0.717, 1.165) is 45.1 Å². The van der Waals surface area contributed by atoms with E-state index in [4.69, 9.17) is 0 Å². The van der Waals surface area contributed by atoms with Crippen molar-refractivity contribution >= 4 is 0 Å². The van der Waals surface area contributed by atoms with Crippen LogP contribution in [0.25, 0.3) is 0 Å². The van der Waals surface area contributed by atoms with E-state index in [1.807, 2.05) is 4.68 Å². The van der Waals surface area contributed by atoms with Crippen LogP contribution in [0, 0.1) is 5.41 Å². The summed E-state index contributed by atoms with van der Waals surface area (Å²) >= 11 is 0. The predicted octanol–water partition coefficient (Wildman–Crippen LogP) is 0.533. The fourth-order valence-electron chi connectivity index (χ4n) is 2.77. The van der Waals surface area contributed by atoms with E-state index in [0.29, 0.717) is 6.04 Å². The molecule has 1 N–H and O–H groups in total. The number of aliphatic hydroxyl groups is 1. The van der Waals surface area contributed by atoms with Gasteiger partial charge in [-0.3, -0.25) is 9.80 Å². The molecule has 2 heterocycles. The quantitative estimate of drug-likeness (QED) is 0.856. The third-order valence-electron chi connectivity index (χ3n) is 4.71. The Labute approximate surface area is 132 Å². The smallest absolute Gasteiger partial charge is 0.165 e. The highest BCUT2D eigenvalue weighted by Gasteiger charge is 2.30. The summed E-state index contributed by atoms with van der Waals surface area (Å²) in [5.74, 6) is 0.991. The van der Waals surface area contributed by atoms with Gasteiger partial charge in [-0.05, 0) is 28.7 Å². The fraction of sp³-hybridized carbons (Fsp3) is 0.933. The van der Waals surface area contributed by atoms with Gasteiger partial charge in [0.25, 0.3) is 0 Å². The first kappa shape index (κ1) is 15.8. The molecule has 7 heteroatoms. The van der Waals surface area contributed by atoms with E-state index in [1.165, 1.54) is 12.8 Å². The zero-order valence-corrected chi connectivity index (χ0v) is 13.9. The highest BCUT2D eigenvalue weighted by Crippen LogP contribution is 2.34. The maximum absolute atomic E-state index is 10.2. The summed E-state index contributed by atoms with van der Waals surface area (Å²) in [6.45, 7) is 11.9. The van der Waals surface area contributed by atoms with Crippen LogP contribution in [0.15, 0.2) is 0 Å². The van der Waals surface area contributed by atoms with Crippen LogP contribution in [0.1, 0.15) is 45.5 Å². The maximum Gasteiger partial charge on any atom is 0.165 e. The van der Waals surface area contributed by atoms with Crippen LogP contribution in [0.5, 0.6) is 0 Å². The van der Waals surface area contributed by atoms with E-state index in [1.54, 1.807) is 0 Å². The molecule has 1 aliphatic heterocycles. The molecule has 0 radical (unpaired) electrons. The molecule has 3 rings (SSSR count). The third-order valence-corrected chi connectivity index (χ3v) is 4.71. The molecular formula is C15H28N6O. The largest absolute Gasteiger partial charge is 0.391 e. The standard InChI is InChI=1S/C15H28N6O/c1-15(2,3)13(22)10-19-6-8-20(9-7-19)11-14-16-17-18-21(14)12-4-5-12/h12-13,22H,4-11H2,1-3H3/t13-/m0/s1. The summed E-state index contributed by atoms with van der Waals surface area (Å²) in [5.41, 5.74) is -0.0521. The number of tetrazole rings is 1. The van der Waals surface area contributed by atoms with Gasteiger partial charge in [-0.2, -0.15) is 0 Å². The monoisotopic (exact) mass is 308 g/mol. The van der Waals surface area contributed by atoms with Gasteiger partial charge >= 0.3 is 0 Å². The van der Waals surface area contributed by atoms with Crippen LogP contribution in [-0.4, -0.2) is 73.9 Å². The van der Waals surface area contributed by atoms with Gasteiger partial charge < -0.3 is 5.11 Å². The van der Waals surface area contributed by atoms with Crippen LogP contribution in [-0.2, 0) is 6.54 Å². The number of β-amino-alcohol motifs (C(OH)–C–C–N with tert-alkyl or cyclic N) is 1. The SMILES string of the molecule is CC(C)(C)[C@@H](O)CN1CCN(Cc2nnnn2C2CC2)CC1. The Kier molecular flexibility index (Phi) is 4.47. The molecule has 0 bridgehead atoms.